The van der Waals surface area contributed by atoms with E-state index in [-0.39, 0.29) is 24.2 Å². The van der Waals surface area contributed by atoms with Crippen LogP contribution in [0.1, 0.15) is 19.8 Å². The van der Waals surface area contributed by atoms with Crippen LogP contribution in [0.2, 0.25) is 0 Å². The number of halogens is 3. The van der Waals surface area contributed by atoms with Gasteiger partial charge in [-0.1, -0.05) is 0 Å². The van der Waals surface area contributed by atoms with Crippen LogP contribution in [-0.4, -0.2) is 79.4 Å². The molecule has 2 heterocycles. The second kappa shape index (κ2) is 8.75. The monoisotopic (exact) mass is 354 g/mol. The topological polar surface area (TPSA) is 64.7 Å². The average molecular weight is 355 g/mol. The van der Waals surface area contributed by atoms with Gasteiger partial charge >= 0.3 is 0 Å². The lowest BCUT2D eigenvalue weighted by molar-refractivity contribution is -0.133. The summed E-state index contributed by atoms with van der Waals surface area (Å²) in [5.41, 5.74) is 0. The molecule has 134 valence electrons. The number of nitrogens with zero attached hydrogens (tertiary/aromatic N) is 2. The first-order valence-corrected chi connectivity index (χ1v) is 7.80. The number of hydrogen-bond donors (Lipinski definition) is 2. The second-order valence-electron chi connectivity index (χ2n) is 5.90. The van der Waals surface area contributed by atoms with Gasteiger partial charge in [0, 0.05) is 39.1 Å². The van der Waals surface area contributed by atoms with Gasteiger partial charge in [-0.3, -0.25) is 19.8 Å². The molecule has 0 radical (unpaired) electrons. The summed E-state index contributed by atoms with van der Waals surface area (Å²) in [6.45, 7) is 4.69. The number of carbonyl (C=O) groups excluding carboxylic acids is 2. The van der Waals surface area contributed by atoms with E-state index in [9.17, 15) is 18.4 Å². The van der Waals surface area contributed by atoms with E-state index in [1.165, 1.54) is 0 Å². The predicted octanol–water partition coefficient (Wildman–Crippen LogP) is 0.0758. The molecule has 2 saturated heterocycles. The van der Waals surface area contributed by atoms with Crippen LogP contribution >= 0.6 is 12.4 Å². The third-order valence-corrected chi connectivity index (χ3v) is 4.05. The minimum atomic E-state index is -2.80. The summed E-state index contributed by atoms with van der Waals surface area (Å²) in [5, 5.41) is 5.35. The molecule has 2 rings (SSSR count). The molecule has 1 atom stereocenters. The van der Waals surface area contributed by atoms with Crippen molar-refractivity contribution in [2.24, 2.45) is 0 Å². The first kappa shape index (κ1) is 20.1. The normalized spacial score (nSPS) is 24.7. The number of nitrogens with one attached hydrogen (secondary N) is 2. The largest absolute Gasteiger partial charge is 0.355 e. The molecule has 0 aromatic rings. The highest BCUT2D eigenvalue weighted by molar-refractivity contribution is 5.85. The lowest BCUT2D eigenvalue weighted by Crippen LogP contribution is -2.45. The number of rotatable bonds is 4. The van der Waals surface area contributed by atoms with Crippen LogP contribution in [0.15, 0.2) is 0 Å². The van der Waals surface area contributed by atoms with Crippen molar-refractivity contribution in [2.45, 2.75) is 31.7 Å². The van der Waals surface area contributed by atoms with Crippen molar-refractivity contribution in [1.29, 1.82) is 0 Å². The minimum Gasteiger partial charge on any atom is -0.355 e. The van der Waals surface area contributed by atoms with Crippen molar-refractivity contribution in [1.82, 2.24) is 20.4 Å². The van der Waals surface area contributed by atoms with E-state index in [0.29, 0.717) is 32.7 Å². The number of amides is 2. The average Bonchev–Trinajstić information content (AvgIpc) is 2.67. The Labute approximate surface area is 141 Å². The zero-order valence-electron chi connectivity index (χ0n) is 13.3. The van der Waals surface area contributed by atoms with E-state index in [1.54, 1.807) is 4.90 Å². The van der Waals surface area contributed by atoms with Gasteiger partial charge < -0.3 is 10.2 Å². The van der Waals surface area contributed by atoms with Gasteiger partial charge in [0.05, 0.1) is 19.1 Å². The Morgan fingerprint density at radius 1 is 1.26 bits per heavy atom. The third kappa shape index (κ3) is 5.86. The van der Waals surface area contributed by atoms with E-state index < -0.39 is 24.9 Å². The van der Waals surface area contributed by atoms with Crippen LogP contribution in [0.25, 0.3) is 0 Å². The van der Waals surface area contributed by atoms with Crippen LogP contribution in [0, 0.1) is 0 Å². The highest BCUT2D eigenvalue weighted by Gasteiger charge is 2.43. The summed E-state index contributed by atoms with van der Waals surface area (Å²) >= 11 is 0. The molecule has 0 aromatic carbocycles. The maximum absolute atomic E-state index is 13.2. The van der Waals surface area contributed by atoms with Crippen LogP contribution in [0.5, 0.6) is 0 Å². The molecular weight excluding hydrogens is 330 g/mol. The van der Waals surface area contributed by atoms with E-state index in [4.69, 9.17) is 0 Å². The van der Waals surface area contributed by atoms with Crippen LogP contribution < -0.4 is 10.6 Å². The highest BCUT2D eigenvalue weighted by atomic mass is 35.5. The Kier molecular flexibility index (Phi) is 7.63. The number of alkyl halides is 2. The van der Waals surface area contributed by atoms with Gasteiger partial charge in [0.15, 0.2) is 0 Å². The molecular formula is C14H25ClF2N4O2. The quantitative estimate of drug-likeness (QED) is 0.750. The van der Waals surface area contributed by atoms with Crippen molar-refractivity contribution >= 4 is 24.2 Å². The summed E-state index contributed by atoms with van der Waals surface area (Å²) in [7, 11) is 0. The Balaban J connectivity index is 0.00000264. The lowest BCUT2D eigenvalue weighted by atomic mass is 10.1. The molecule has 0 spiro atoms. The van der Waals surface area contributed by atoms with Crippen molar-refractivity contribution in [2.75, 3.05) is 45.8 Å². The van der Waals surface area contributed by atoms with Gasteiger partial charge in [-0.25, -0.2) is 8.78 Å². The fourth-order valence-corrected chi connectivity index (χ4v) is 2.92. The molecule has 2 fully saturated rings. The maximum Gasteiger partial charge on any atom is 0.262 e. The summed E-state index contributed by atoms with van der Waals surface area (Å²) in [6.07, 6.45) is 0.319. The molecule has 2 aliphatic rings. The summed E-state index contributed by atoms with van der Waals surface area (Å²) < 4.78 is 26.4. The van der Waals surface area contributed by atoms with E-state index in [2.05, 4.69) is 10.6 Å². The van der Waals surface area contributed by atoms with Crippen LogP contribution in [0.4, 0.5) is 8.78 Å². The molecule has 2 aliphatic heterocycles. The van der Waals surface area contributed by atoms with Gasteiger partial charge in [0.1, 0.15) is 0 Å². The van der Waals surface area contributed by atoms with Crippen LogP contribution in [-0.2, 0) is 9.59 Å². The second-order valence-corrected chi connectivity index (χ2v) is 5.90. The fraction of sp³-hybridized carbons (Fsp3) is 0.857. The molecule has 2 N–H and O–H groups in total. The molecule has 0 bridgehead atoms. The van der Waals surface area contributed by atoms with Gasteiger partial charge in [-0.05, 0) is 13.3 Å². The molecule has 9 heteroatoms. The van der Waals surface area contributed by atoms with Gasteiger partial charge in [-0.15, -0.1) is 12.4 Å². The summed E-state index contributed by atoms with van der Waals surface area (Å²) in [5.74, 6) is -3.08. The molecule has 23 heavy (non-hydrogen) atoms. The highest BCUT2D eigenvalue weighted by Crippen LogP contribution is 2.26. The fourth-order valence-electron chi connectivity index (χ4n) is 2.92. The standard InChI is InChI=1S/C14H24F2N4O2.ClH/c1-2-17-12(21)9-19-4-3-5-20(7-6-19)13(22)11-8-14(15,16)10-18-11;/h11,18H,2-10H2,1H3,(H,17,21);1H. The SMILES string of the molecule is CCNC(=O)CN1CCCN(C(=O)C2CC(F)(F)CN2)CC1.Cl. The maximum atomic E-state index is 13.2. The zero-order valence-corrected chi connectivity index (χ0v) is 14.1. The first-order valence-electron chi connectivity index (χ1n) is 7.80. The Bertz CT molecular complexity index is 426. The number of hydrogen-bond acceptors (Lipinski definition) is 4. The van der Waals surface area contributed by atoms with E-state index in [1.807, 2.05) is 11.8 Å². The van der Waals surface area contributed by atoms with Crippen molar-refractivity contribution in [3.63, 3.8) is 0 Å². The molecule has 1 unspecified atom stereocenters. The summed E-state index contributed by atoms with van der Waals surface area (Å²) in [4.78, 5) is 27.5. The number of likely N-dealkylation sites (N-methyl/N-ethyl adjacent to an activating group) is 1. The Morgan fingerprint density at radius 2 is 2.00 bits per heavy atom. The Hall–Kier alpha value is -0.990. The van der Waals surface area contributed by atoms with E-state index in [0.717, 1.165) is 13.0 Å². The minimum absolute atomic E-state index is 0. The van der Waals surface area contributed by atoms with Gasteiger partial charge in [0.25, 0.3) is 5.92 Å². The van der Waals surface area contributed by atoms with Gasteiger partial charge in [-0.2, -0.15) is 0 Å². The molecule has 2 amide bonds. The lowest BCUT2D eigenvalue weighted by Gasteiger charge is -2.24. The first-order chi connectivity index (χ1) is 10.4. The van der Waals surface area contributed by atoms with E-state index >= 15 is 0 Å². The molecule has 0 saturated carbocycles. The van der Waals surface area contributed by atoms with Gasteiger partial charge in [0.2, 0.25) is 11.8 Å². The third-order valence-electron chi connectivity index (χ3n) is 4.05. The number of carbonyl (C=O) groups is 2. The Morgan fingerprint density at radius 3 is 2.61 bits per heavy atom. The molecule has 0 aromatic heterocycles. The summed E-state index contributed by atoms with van der Waals surface area (Å²) in [6, 6.07) is -0.787. The van der Waals surface area contributed by atoms with Crippen molar-refractivity contribution < 1.29 is 18.4 Å². The zero-order chi connectivity index (χ0) is 16.2. The molecule has 0 aliphatic carbocycles. The molecule has 6 nitrogen and oxygen atoms in total. The predicted molar refractivity (Wildman–Crippen MR) is 84.9 cm³/mol. The smallest absolute Gasteiger partial charge is 0.262 e. The van der Waals surface area contributed by atoms with Crippen molar-refractivity contribution in [3.05, 3.63) is 0 Å². The van der Waals surface area contributed by atoms with Crippen LogP contribution in [0.3, 0.4) is 0 Å². The van der Waals surface area contributed by atoms with Crippen molar-refractivity contribution in [3.8, 4) is 0 Å².